The van der Waals surface area contributed by atoms with Crippen LogP contribution in [-0.2, 0) is 10.0 Å². The molecule has 0 aliphatic carbocycles. The Hall–Kier alpha value is -0.130. The summed E-state index contributed by atoms with van der Waals surface area (Å²) in [4.78, 5) is 0. The predicted octanol–water partition coefficient (Wildman–Crippen LogP) is -0.337. The van der Waals surface area contributed by atoms with Crippen LogP contribution in [-0.4, -0.2) is 26.8 Å². The minimum Gasteiger partial charge on any atom is -0.330 e. The Kier molecular flexibility index (Phi) is 3.47. The summed E-state index contributed by atoms with van der Waals surface area (Å²) in [6, 6.07) is 0. The first-order valence-corrected chi connectivity index (χ1v) is 5.35. The summed E-state index contributed by atoms with van der Waals surface area (Å²) in [7, 11) is -3.11. The van der Waals surface area contributed by atoms with Crippen LogP contribution in [0.5, 0.6) is 0 Å². The fourth-order valence-electron chi connectivity index (χ4n) is 0.914. The molecule has 0 bridgehead atoms. The van der Waals surface area contributed by atoms with Crippen LogP contribution in [0.2, 0.25) is 0 Å². The molecular weight excluding hydrogens is 164 g/mol. The molecule has 0 aliphatic rings. The van der Waals surface area contributed by atoms with Gasteiger partial charge in [0.25, 0.3) is 0 Å². The molecule has 4 nitrogen and oxygen atoms in total. The number of nitrogens with two attached hydrogens (primary N) is 1. The Labute approximate surface area is 68.2 Å². The molecule has 11 heavy (non-hydrogen) atoms. The van der Waals surface area contributed by atoms with Crippen LogP contribution in [0.3, 0.4) is 0 Å². The van der Waals surface area contributed by atoms with Crippen LogP contribution in [0, 0.1) is 0 Å². The molecule has 0 aromatic heterocycles. The highest BCUT2D eigenvalue weighted by molar-refractivity contribution is 7.88. The lowest BCUT2D eigenvalue weighted by Crippen LogP contribution is -2.44. The third-order valence-electron chi connectivity index (χ3n) is 1.23. The number of nitrogens with one attached hydrogen (secondary N) is 1. The van der Waals surface area contributed by atoms with Crippen LogP contribution < -0.4 is 10.5 Å². The largest absolute Gasteiger partial charge is 0.330 e. The quantitative estimate of drug-likeness (QED) is 0.622. The average Bonchev–Trinajstić information content (AvgIpc) is 1.55. The van der Waals surface area contributed by atoms with E-state index in [1.807, 2.05) is 0 Å². The van der Waals surface area contributed by atoms with Crippen LogP contribution in [0.4, 0.5) is 0 Å². The number of hydrogen-bond acceptors (Lipinski definition) is 3. The van der Waals surface area contributed by atoms with Gasteiger partial charge in [-0.15, -0.1) is 0 Å². The summed E-state index contributed by atoms with van der Waals surface area (Å²) in [6.45, 7) is 4.09. The SMILES string of the molecule is CC(C)(CCN)NS(C)(=O)=O. The first kappa shape index (κ1) is 10.9. The van der Waals surface area contributed by atoms with E-state index in [2.05, 4.69) is 4.72 Å². The molecule has 68 valence electrons. The molecule has 0 spiro atoms. The van der Waals surface area contributed by atoms with Gasteiger partial charge in [-0.1, -0.05) is 0 Å². The zero-order valence-corrected chi connectivity index (χ0v) is 8.03. The van der Waals surface area contributed by atoms with E-state index in [0.29, 0.717) is 13.0 Å². The average molecular weight is 180 g/mol. The van der Waals surface area contributed by atoms with Gasteiger partial charge in [0.15, 0.2) is 0 Å². The Bertz CT molecular complexity index is 209. The van der Waals surface area contributed by atoms with Crippen molar-refractivity contribution in [2.45, 2.75) is 25.8 Å². The molecule has 0 amide bonds. The fraction of sp³-hybridized carbons (Fsp3) is 1.00. The molecule has 0 aromatic carbocycles. The molecular formula is C6H16N2O2S. The molecule has 0 heterocycles. The highest BCUT2D eigenvalue weighted by Crippen LogP contribution is 2.07. The van der Waals surface area contributed by atoms with Gasteiger partial charge in [-0.3, -0.25) is 0 Å². The standard InChI is InChI=1S/C6H16N2O2S/c1-6(2,4-5-7)8-11(3,9)10/h8H,4-5,7H2,1-3H3. The van der Waals surface area contributed by atoms with E-state index in [4.69, 9.17) is 5.73 Å². The van der Waals surface area contributed by atoms with Gasteiger partial charge in [0.05, 0.1) is 6.26 Å². The molecule has 0 radical (unpaired) electrons. The van der Waals surface area contributed by atoms with E-state index >= 15 is 0 Å². The lowest BCUT2D eigenvalue weighted by atomic mass is 10.0. The summed E-state index contributed by atoms with van der Waals surface area (Å²) >= 11 is 0. The van der Waals surface area contributed by atoms with Crippen molar-refractivity contribution in [2.75, 3.05) is 12.8 Å². The molecule has 5 heteroatoms. The molecule has 0 unspecified atom stereocenters. The zero-order chi connectivity index (χ0) is 9.12. The maximum absolute atomic E-state index is 10.8. The number of rotatable bonds is 4. The van der Waals surface area contributed by atoms with Gasteiger partial charge in [-0.05, 0) is 26.8 Å². The molecule has 0 saturated carbocycles. The maximum Gasteiger partial charge on any atom is 0.209 e. The van der Waals surface area contributed by atoms with Crippen molar-refractivity contribution in [3.8, 4) is 0 Å². The first-order valence-electron chi connectivity index (χ1n) is 3.46. The summed E-state index contributed by atoms with van der Waals surface area (Å²) < 4.78 is 24.0. The van der Waals surface area contributed by atoms with Gasteiger partial charge >= 0.3 is 0 Å². The van der Waals surface area contributed by atoms with Gasteiger partial charge < -0.3 is 5.73 Å². The number of sulfonamides is 1. The summed E-state index contributed by atoms with van der Waals surface area (Å²) in [5.74, 6) is 0. The van der Waals surface area contributed by atoms with E-state index in [1.165, 1.54) is 0 Å². The predicted molar refractivity (Wildman–Crippen MR) is 45.7 cm³/mol. The smallest absolute Gasteiger partial charge is 0.209 e. The molecule has 0 aliphatic heterocycles. The van der Waals surface area contributed by atoms with Crippen molar-refractivity contribution in [3.05, 3.63) is 0 Å². The van der Waals surface area contributed by atoms with Gasteiger partial charge in [-0.25, -0.2) is 13.1 Å². The Morgan fingerprint density at radius 1 is 1.45 bits per heavy atom. The van der Waals surface area contributed by atoms with Crippen LogP contribution in [0.1, 0.15) is 20.3 Å². The van der Waals surface area contributed by atoms with E-state index in [9.17, 15) is 8.42 Å². The lowest BCUT2D eigenvalue weighted by molar-refractivity contribution is 0.430. The zero-order valence-electron chi connectivity index (χ0n) is 7.22. The van der Waals surface area contributed by atoms with Gasteiger partial charge in [0, 0.05) is 5.54 Å². The lowest BCUT2D eigenvalue weighted by Gasteiger charge is -2.23. The fourth-order valence-corrected chi connectivity index (χ4v) is 2.02. The van der Waals surface area contributed by atoms with E-state index in [-0.39, 0.29) is 0 Å². The molecule has 0 rings (SSSR count). The van der Waals surface area contributed by atoms with Crippen molar-refractivity contribution in [3.63, 3.8) is 0 Å². The van der Waals surface area contributed by atoms with Gasteiger partial charge in [0.1, 0.15) is 0 Å². The summed E-state index contributed by atoms with van der Waals surface area (Å²) in [6.07, 6.45) is 1.78. The van der Waals surface area contributed by atoms with Crippen LogP contribution in [0.15, 0.2) is 0 Å². The van der Waals surface area contributed by atoms with Crippen molar-refractivity contribution in [1.82, 2.24) is 4.72 Å². The number of hydrogen-bond donors (Lipinski definition) is 2. The van der Waals surface area contributed by atoms with Crippen molar-refractivity contribution < 1.29 is 8.42 Å². The highest BCUT2D eigenvalue weighted by atomic mass is 32.2. The molecule has 3 N–H and O–H groups in total. The van der Waals surface area contributed by atoms with Gasteiger partial charge in [0.2, 0.25) is 10.0 Å². The molecule has 0 aromatic rings. The second-order valence-corrected chi connectivity index (χ2v) is 5.05. The van der Waals surface area contributed by atoms with E-state index in [1.54, 1.807) is 13.8 Å². The van der Waals surface area contributed by atoms with Gasteiger partial charge in [-0.2, -0.15) is 0 Å². The monoisotopic (exact) mass is 180 g/mol. The highest BCUT2D eigenvalue weighted by Gasteiger charge is 2.20. The Morgan fingerprint density at radius 2 is 1.91 bits per heavy atom. The third kappa shape index (κ3) is 6.28. The molecule has 0 fully saturated rings. The van der Waals surface area contributed by atoms with Crippen molar-refractivity contribution in [2.24, 2.45) is 5.73 Å². The van der Waals surface area contributed by atoms with Crippen LogP contribution in [0.25, 0.3) is 0 Å². The normalized spacial score (nSPS) is 13.5. The molecule has 0 atom stereocenters. The second-order valence-electron chi connectivity index (χ2n) is 3.30. The third-order valence-corrected chi connectivity index (χ3v) is 2.15. The maximum atomic E-state index is 10.8. The first-order chi connectivity index (χ1) is 4.77. The Morgan fingerprint density at radius 3 is 2.18 bits per heavy atom. The van der Waals surface area contributed by atoms with Crippen molar-refractivity contribution >= 4 is 10.0 Å². The summed E-state index contributed by atoms with van der Waals surface area (Å²) in [5.41, 5.74) is 4.87. The molecule has 0 saturated heterocycles. The minimum atomic E-state index is -3.11. The van der Waals surface area contributed by atoms with E-state index < -0.39 is 15.6 Å². The topological polar surface area (TPSA) is 72.2 Å². The second kappa shape index (κ2) is 3.51. The van der Waals surface area contributed by atoms with Crippen LogP contribution >= 0.6 is 0 Å². The summed E-state index contributed by atoms with van der Waals surface area (Å²) in [5, 5.41) is 0. The minimum absolute atomic E-state index is 0.428. The Balaban J connectivity index is 4.13. The van der Waals surface area contributed by atoms with Crippen molar-refractivity contribution in [1.29, 1.82) is 0 Å². The van der Waals surface area contributed by atoms with E-state index in [0.717, 1.165) is 6.26 Å².